The first kappa shape index (κ1) is 6.62. The van der Waals surface area contributed by atoms with Crippen LogP contribution >= 0.6 is 11.6 Å². The van der Waals surface area contributed by atoms with Crippen molar-refractivity contribution in [2.45, 2.75) is 18.2 Å². The lowest BCUT2D eigenvalue weighted by molar-refractivity contribution is 0.400. The van der Waals surface area contributed by atoms with Crippen molar-refractivity contribution in [2.24, 2.45) is 4.99 Å². The minimum atomic E-state index is -0.397. The van der Waals surface area contributed by atoms with E-state index in [9.17, 15) is 0 Å². The predicted molar refractivity (Wildman–Crippen MR) is 38.1 cm³/mol. The third-order valence-electron chi connectivity index (χ3n) is 1.15. The molecule has 1 unspecified atom stereocenters. The Morgan fingerprint density at radius 3 is 2.89 bits per heavy atom. The summed E-state index contributed by atoms with van der Waals surface area (Å²) in [5, 5.41) is 8.75. The van der Waals surface area contributed by atoms with Crippen molar-refractivity contribution in [2.75, 3.05) is 0 Å². The van der Waals surface area contributed by atoms with Gasteiger partial charge in [0.05, 0.1) is 4.87 Å². The summed E-state index contributed by atoms with van der Waals surface area (Å²) in [5.41, 5.74) is 0. The molecule has 0 aromatic carbocycles. The van der Waals surface area contributed by atoms with Gasteiger partial charge in [-0.05, 0) is 19.4 Å². The normalized spacial score (nSPS) is 34.2. The lowest BCUT2D eigenvalue weighted by Crippen LogP contribution is -2.19. The van der Waals surface area contributed by atoms with E-state index in [1.54, 1.807) is 12.3 Å². The second-order valence-electron chi connectivity index (χ2n) is 2.30. The van der Waals surface area contributed by atoms with Crippen LogP contribution in [0.2, 0.25) is 0 Å². The van der Waals surface area contributed by atoms with Gasteiger partial charge in [0.2, 0.25) is 5.88 Å². The number of hydrogen-bond donors (Lipinski definition) is 1. The minimum Gasteiger partial charge on any atom is -0.494 e. The molecular formula is C6H8ClNO. The molecule has 1 aliphatic rings. The highest BCUT2D eigenvalue weighted by Gasteiger charge is 2.19. The average Bonchev–Trinajstić information content (AvgIpc) is 1.78. The Bertz CT molecular complexity index is 172. The molecule has 0 amide bonds. The van der Waals surface area contributed by atoms with E-state index < -0.39 is 4.87 Å². The van der Waals surface area contributed by atoms with E-state index in [1.165, 1.54) is 0 Å². The molecule has 2 nitrogen and oxygen atoms in total. The molecule has 0 saturated heterocycles. The molecule has 50 valence electrons. The maximum atomic E-state index is 8.75. The number of rotatable bonds is 0. The van der Waals surface area contributed by atoms with Crippen LogP contribution in [-0.2, 0) is 0 Å². The number of aliphatic hydroxyl groups excluding tert-OH is 1. The predicted octanol–water partition coefficient (Wildman–Crippen LogP) is 1.86. The van der Waals surface area contributed by atoms with Crippen molar-refractivity contribution in [1.82, 2.24) is 0 Å². The number of hydrogen-bond acceptors (Lipinski definition) is 2. The van der Waals surface area contributed by atoms with Crippen LogP contribution in [0.15, 0.2) is 17.0 Å². The molecule has 0 spiro atoms. The van der Waals surface area contributed by atoms with E-state index in [1.807, 2.05) is 6.92 Å². The van der Waals surface area contributed by atoms with Gasteiger partial charge in [0.25, 0.3) is 0 Å². The molecular weight excluding hydrogens is 138 g/mol. The minimum absolute atomic E-state index is 0.0631. The zero-order valence-electron chi connectivity index (χ0n) is 5.13. The van der Waals surface area contributed by atoms with Gasteiger partial charge in [0.1, 0.15) is 0 Å². The van der Waals surface area contributed by atoms with Crippen molar-refractivity contribution in [1.29, 1.82) is 0 Å². The number of nitrogens with zero attached hydrogens (tertiary/aromatic N) is 1. The smallest absolute Gasteiger partial charge is 0.206 e. The van der Waals surface area contributed by atoms with Gasteiger partial charge in [-0.1, -0.05) is 0 Å². The Hall–Kier alpha value is -0.500. The average molecular weight is 146 g/mol. The number of aliphatic imine (C=N–C) groups is 1. The molecule has 1 N–H and O–H groups in total. The van der Waals surface area contributed by atoms with Crippen molar-refractivity contribution < 1.29 is 5.11 Å². The van der Waals surface area contributed by atoms with Gasteiger partial charge < -0.3 is 5.11 Å². The van der Waals surface area contributed by atoms with E-state index in [2.05, 4.69) is 4.99 Å². The van der Waals surface area contributed by atoms with Crippen LogP contribution in [0.4, 0.5) is 0 Å². The van der Waals surface area contributed by atoms with Gasteiger partial charge >= 0.3 is 0 Å². The number of alkyl halides is 1. The third kappa shape index (κ3) is 1.72. The van der Waals surface area contributed by atoms with Gasteiger partial charge in [-0.3, -0.25) is 0 Å². The number of allylic oxidation sites excluding steroid dienone is 1. The van der Waals surface area contributed by atoms with Gasteiger partial charge in [-0.25, -0.2) is 4.99 Å². The fourth-order valence-corrected chi connectivity index (χ4v) is 0.723. The highest BCUT2D eigenvalue weighted by molar-refractivity contribution is 6.32. The maximum Gasteiger partial charge on any atom is 0.206 e. The molecule has 0 fully saturated rings. The molecule has 0 aliphatic carbocycles. The summed E-state index contributed by atoms with van der Waals surface area (Å²) in [6, 6.07) is 0. The first-order chi connectivity index (χ1) is 4.10. The van der Waals surface area contributed by atoms with Crippen LogP contribution in [0.5, 0.6) is 0 Å². The fraction of sp³-hybridized carbons (Fsp3) is 0.500. The lowest BCUT2D eigenvalue weighted by Gasteiger charge is -2.16. The van der Waals surface area contributed by atoms with Gasteiger partial charge in [0, 0.05) is 6.21 Å². The molecule has 0 radical (unpaired) electrons. The largest absolute Gasteiger partial charge is 0.494 e. The van der Waals surface area contributed by atoms with Crippen LogP contribution in [0, 0.1) is 0 Å². The Balaban J connectivity index is 2.70. The molecule has 3 heteroatoms. The summed E-state index contributed by atoms with van der Waals surface area (Å²) < 4.78 is 0. The monoisotopic (exact) mass is 145 g/mol. The molecule has 9 heavy (non-hydrogen) atoms. The van der Waals surface area contributed by atoms with Crippen molar-refractivity contribution in [3.63, 3.8) is 0 Å². The highest BCUT2D eigenvalue weighted by atomic mass is 35.5. The molecule has 0 saturated carbocycles. The first-order valence-electron chi connectivity index (χ1n) is 2.73. The Kier molecular flexibility index (Phi) is 1.49. The summed E-state index contributed by atoms with van der Waals surface area (Å²) in [6.45, 7) is 1.85. The van der Waals surface area contributed by atoms with E-state index in [-0.39, 0.29) is 5.88 Å². The Morgan fingerprint density at radius 1 is 1.89 bits per heavy atom. The molecule has 1 atom stereocenters. The zero-order valence-corrected chi connectivity index (χ0v) is 5.89. The summed E-state index contributed by atoms with van der Waals surface area (Å²) in [4.78, 5) is 3.25. The second kappa shape index (κ2) is 2.03. The van der Waals surface area contributed by atoms with Gasteiger partial charge in [0.15, 0.2) is 0 Å². The van der Waals surface area contributed by atoms with Crippen molar-refractivity contribution in [3.05, 3.63) is 12.0 Å². The topological polar surface area (TPSA) is 32.6 Å². The molecule has 1 rings (SSSR count). The van der Waals surface area contributed by atoms with Crippen LogP contribution in [0.3, 0.4) is 0 Å². The van der Waals surface area contributed by atoms with E-state index >= 15 is 0 Å². The van der Waals surface area contributed by atoms with E-state index in [4.69, 9.17) is 16.7 Å². The van der Waals surface area contributed by atoms with E-state index in [0.717, 1.165) is 0 Å². The standard InChI is InChI=1S/C6H8ClNO/c1-6(7)3-2-5(9)8-4-6/h2,4,9H,3H2,1H3. The third-order valence-corrected chi connectivity index (χ3v) is 1.40. The highest BCUT2D eigenvalue weighted by Crippen LogP contribution is 2.21. The molecule has 1 heterocycles. The van der Waals surface area contributed by atoms with Crippen LogP contribution in [0.1, 0.15) is 13.3 Å². The summed E-state index contributed by atoms with van der Waals surface area (Å²) in [7, 11) is 0. The zero-order chi connectivity index (χ0) is 6.91. The van der Waals surface area contributed by atoms with Crippen molar-refractivity contribution in [3.8, 4) is 0 Å². The van der Waals surface area contributed by atoms with Gasteiger partial charge in [-0.2, -0.15) is 0 Å². The second-order valence-corrected chi connectivity index (χ2v) is 3.17. The molecule has 0 bridgehead atoms. The van der Waals surface area contributed by atoms with Crippen molar-refractivity contribution >= 4 is 17.8 Å². The molecule has 0 aromatic heterocycles. The first-order valence-corrected chi connectivity index (χ1v) is 3.11. The molecule has 1 aliphatic heterocycles. The summed E-state index contributed by atoms with van der Waals surface area (Å²) >= 11 is 5.83. The summed E-state index contributed by atoms with van der Waals surface area (Å²) in [6.07, 6.45) is 3.79. The fourth-order valence-electron chi connectivity index (χ4n) is 0.597. The van der Waals surface area contributed by atoms with Crippen LogP contribution < -0.4 is 0 Å². The molecule has 0 aromatic rings. The van der Waals surface area contributed by atoms with Crippen LogP contribution in [-0.4, -0.2) is 16.2 Å². The number of aliphatic hydroxyl groups is 1. The Morgan fingerprint density at radius 2 is 2.56 bits per heavy atom. The number of halogens is 1. The van der Waals surface area contributed by atoms with Crippen LogP contribution in [0.25, 0.3) is 0 Å². The quantitative estimate of drug-likeness (QED) is 0.519. The Labute approximate surface area is 58.9 Å². The lowest BCUT2D eigenvalue weighted by atomic mass is 10.1. The maximum absolute atomic E-state index is 8.75. The SMILES string of the molecule is CC1(Cl)C=NC(O)=CC1. The summed E-state index contributed by atoms with van der Waals surface area (Å²) in [5.74, 6) is 0.0631. The van der Waals surface area contributed by atoms with E-state index in [0.29, 0.717) is 6.42 Å². The van der Waals surface area contributed by atoms with Gasteiger partial charge in [-0.15, -0.1) is 11.6 Å².